The van der Waals surface area contributed by atoms with E-state index in [9.17, 15) is 8.42 Å². The maximum absolute atomic E-state index is 12.9. The molecule has 4 nitrogen and oxygen atoms in total. The lowest BCUT2D eigenvalue weighted by Crippen LogP contribution is -2.31. The third kappa shape index (κ3) is 4.92. The number of sulfonamides is 1. The predicted octanol–water partition coefficient (Wildman–Crippen LogP) is 3.57. The molecule has 0 atom stereocenters. The van der Waals surface area contributed by atoms with Gasteiger partial charge in [-0.3, -0.25) is 0 Å². The summed E-state index contributed by atoms with van der Waals surface area (Å²) in [5, 5.41) is 8.62. The van der Waals surface area contributed by atoms with Gasteiger partial charge in [0, 0.05) is 19.5 Å². The zero-order valence-electron chi connectivity index (χ0n) is 12.9. The van der Waals surface area contributed by atoms with Crippen LogP contribution < -0.4 is 0 Å². The Hall–Kier alpha value is -2.16. The van der Waals surface area contributed by atoms with Gasteiger partial charge in [-0.1, -0.05) is 48.5 Å². The smallest absolute Gasteiger partial charge is 0.207 e. The molecule has 0 aliphatic heterocycles. The van der Waals surface area contributed by atoms with Crippen molar-refractivity contribution < 1.29 is 8.42 Å². The Kier molecular flexibility index (Phi) is 6.33. The zero-order valence-corrected chi connectivity index (χ0v) is 13.7. The average Bonchev–Trinajstić information content (AvgIpc) is 2.59. The van der Waals surface area contributed by atoms with Crippen LogP contribution in [0.1, 0.15) is 24.8 Å². The minimum Gasteiger partial charge on any atom is -0.207 e. The Balaban J connectivity index is 2.20. The molecule has 5 heteroatoms. The standard InChI is InChI=1S/C18H20N2O2S/c19-14-8-3-9-15-20(16-17-10-4-1-5-11-17)23(21,22)18-12-6-2-7-13-18/h1-2,4-7,10-13H,3,8-9,15-16H2. The molecule has 23 heavy (non-hydrogen) atoms. The molecule has 0 unspecified atom stereocenters. The average molecular weight is 328 g/mol. The highest BCUT2D eigenvalue weighted by Gasteiger charge is 2.23. The van der Waals surface area contributed by atoms with E-state index in [1.165, 1.54) is 4.31 Å². The number of rotatable bonds is 8. The molecule has 0 aromatic heterocycles. The summed E-state index contributed by atoms with van der Waals surface area (Å²) in [6, 6.07) is 20.1. The number of benzene rings is 2. The summed E-state index contributed by atoms with van der Waals surface area (Å²) in [5.74, 6) is 0. The Morgan fingerprint density at radius 2 is 1.52 bits per heavy atom. The monoisotopic (exact) mass is 328 g/mol. The van der Waals surface area contributed by atoms with Crippen molar-refractivity contribution in [3.8, 4) is 6.07 Å². The van der Waals surface area contributed by atoms with Gasteiger partial charge in [0.1, 0.15) is 0 Å². The van der Waals surface area contributed by atoms with E-state index in [2.05, 4.69) is 6.07 Å². The first-order chi connectivity index (χ1) is 11.1. The van der Waals surface area contributed by atoms with E-state index < -0.39 is 10.0 Å². The van der Waals surface area contributed by atoms with Gasteiger partial charge in [-0.25, -0.2) is 8.42 Å². The molecule has 0 fully saturated rings. The van der Waals surface area contributed by atoms with E-state index in [1.54, 1.807) is 30.3 Å². The van der Waals surface area contributed by atoms with Gasteiger partial charge in [-0.2, -0.15) is 9.57 Å². The van der Waals surface area contributed by atoms with Crippen LogP contribution in [0.5, 0.6) is 0 Å². The quantitative estimate of drug-likeness (QED) is 0.696. The van der Waals surface area contributed by atoms with Crippen LogP contribution >= 0.6 is 0 Å². The zero-order chi connectivity index (χ0) is 16.5. The molecule has 0 saturated heterocycles. The molecule has 0 heterocycles. The number of hydrogen-bond donors (Lipinski definition) is 0. The molecule has 2 rings (SSSR count). The third-order valence-electron chi connectivity index (χ3n) is 3.53. The SMILES string of the molecule is N#CCCCCN(Cc1ccccc1)S(=O)(=O)c1ccccc1. The van der Waals surface area contributed by atoms with Crippen LogP contribution in [0.2, 0.25) is 0 Å². The first-order valence-electron chi connectivity index (χ1n) is 7.60. The predicted molar refractivity (Wildman–Crippen MR) is 89.9 cm³/mol. The lowest BCUT2D eigenvalue weighted by atomic mass is 10.2. The molecule has 0 N–H and O–H groups in total. The van der Waals surface area contributed by atoms with Crippen LogP contribution in [0.3, 0.4) is 0 Å². The number of nitriles is 1. The molecule has 0 saturated carbocycles. The lowest BCUT2D eigenvalue weighted by Gasteiger charge is -2.22. The molecule has 0 aliphatic rings. The largest absolute Gasteiger partial charge is 0.243 e. The molecule has 0 aliphatic carbocycles. The van der Waals surface area contributed by atoms with Crippen LogP contribution in [-0.4, -0.2) is 19.3 Å². The van der Waals surface area contributed by atoms with Crippen molar-refractivity contribution in [1.29, 1.82) is 5.26 Å². The summed E-state index contributed by atoms with van der Waals surface area (Å²) < 4.78 is 27.2. The maximum atomic E-state index is 12.9. The summed E-state index contributed by atoms with van der Waals surface area (Å²) in [7, 11) is -3.54. The molecule has 2 aromatic carbocycles. The Bertz CT molecular complexity index is 738. The highest BCUT2D eigenvalue weighted by molar-refractivity contribution is 7.89. The molecule has 0 bridgehead atoms. The second-order valence-electron chi connectivity index (χ2n) is 5.25. The fourth-order valence-corrected chi connectivity index (χ4v) is 3.79. The third-order valence-corrected chi connectivity index (χ3v) is 5.39. The van der Waals surface area contributed by atoms with Crippen LogP contribution in [0, 0.1) is 11.3 Å². The first kappa shape index (κ1) is 17.2. The Labute approximate surface area is 138 Å². The van der Waals surface area contributed by atoms with Crippen LogP contribution in [0.25, 0.3) is 0 Å². The summed E-state index contributed by atoms with van der Waals surface area (Å²) in [5.41, 5.74) is 0.951. The minimum atomic E-state index is -3.54. The summed E-state index contributed by atoms with van der Waals surface area (Å²) in [4.78, 5) is 0.302. The summed E-state index contributed by atoms with van der Waals surface area (Å²) in [6.45, 7) is 0.748. The van der Waals surface area contributed by atoms with Crippen molar-refractivity contribution in [3.05, 3.63) is 66.2 Å². The number of hydrogen-bond acceptors (Lipinski definition) is 3. The van der Waals surface area contributed by atoms with Gasteiger partial charge >= 0.3 is 0 Å². The molecule has 0 radical (unpaired) electrons. The van der Waals surface area contributed by atoms with Crippen molar-refractivity contribution in [2.45, 2.75) is 30.7 Å². The van der Waals surface area contributed by atoms with E-state index in [4.69, 9.17) is 5.26 Å². The molecule has 2 aromatic rings. The Morgan fingerprint density at radius 3 is 2.13 bits per heavy atom. The van der Waals surface area contributed by atoms with Crippen molar-refractivity contribution in [2.75, 3.05) is 6.54 Å². The van der Waals surface area contributed by atoms with Crippen LogP contribution in [0.4, 0.5) is 0 Å². The van der Waals surface area contributed by atoms with E-state index in [0.717, 1.165) is 5.56 Å². The normalized spacial score (nSPS) is 11.3. The van der Waals surface area contributed by atoms with Crippen LogP contribution in [-0.2, 0) is 16.6 Å². The van der Waals surface area contributed by atoms with Crippen molar-refractivity contribution in [2.24, 2.45) is 0 Å². The van der Waals surface area contributed by atoms with Gasteiger partial charge in [0.15, 0.2) is 0 Å². The van der Waals surface area contributed by atoms with Gasteiger partial charge < -0.3 is 0 Å². The Morgan fingerprint density at radius 1 is 0.913 bits per heavy atom. The molecular weight excluding hydrogens is 308 g/mol. The number of unbranched alkanes of at least 4 members (excludes halogenated alkanes) is 2. The van der Waals surface area contributed by atoms with E-state index >= 15 is 0 Å². The van der Waals surface area contributed by atoms with Crippen molar-refractivity contribution >= 4 is 10.0 Å². The van der Waals surface area contributed by atoms with Crippen molar-refractivity contribution in [3.63, 3.8) is 0 Å². The van der Waals surface area contributed by atoms with Gasteiger partial charge in [0.25, 0.3) is 0 Å². The fourth-order valence-electron chi connectivity index (χ4n) is 2.31. The van der Waals surface area contributed by atoms with E-state index in [-0.39, 0.29) is 0 Å². The van der Waals surface area contributed by atoms with Gasteiger partial charge in [0.2, 0.25) is 10.0 Å². The molecule has 120 valence electrons. The second-order valence-corrected chi connectivity index (χ2v) is 7.19. The fraction of sp³-hybridized carbons (Fsp3) is 0.278. The minimum absolute atomic E-state index is 0.302. The number of nitrogens with zero attached hydrogens (tertiary/aromatic N) is 2. The molecule has 0 spiro atoms. The van der Waals surface area contributed by atoms with Crippen molar-refractivity contribution in [1.82, 2.24) is 4.31 Å². The topological polar surface area (TPSA) is 61.2 Å². The van der Waals surface area contributed by atoms with Crippen LogP contribution in [0.15, 0.2) is 65.6 Å². The second kappa shape index (κ2) is 8.47. The van der Waals surface area contributed by atoms with Gasteiger partial charge in [0.05, 0.1) is 11.0 Å². The molecule has 0 amide bonds. The highest BCUT2D eigenvalue weighted by Crippen LogP contribution is 2.19. The molecular formula is C18H20N2O2S. The summed E-state index contributed by atoms with van der Waals surface area (Å²) in [6.07, 6.45) is 1.82. The summed E-state index contributed by atoms with van der Waals surface area (Å²) >= 11 is 0. The van der Waals surface area contributed by atoms with E-state index in [1.807, 2.05) is 30.3 Å². The highest BCUT2D eigenvalue weighted by atomic mass is 32.2. The first-order valence-corrected chi connectivity index (χ1v) is 9.04. The van der Waals surface area contributed by atoms with Gasteiger partial charge in [-0.15, -0.1) is 0 Å². The van der Waals surface area contributed by atoms with E-state index in [0.29, 0.717) is 37.2 Å². The lowest BCUT2D eigenvalue weighted by molar-refractivity contribution is 0.396. The van der Waals surface area contributed by atoms with Gasteiger partial charge in [-0.05, 0) is 30.5 Å². The maximum Gasteiger partial charge on any atom is 0.243 e.